The summed E-state index contributed by atoms with van der Waals surface area (Å²) < 4.78 is 11.8. The number of aromatic nitrogens is 1. The van der Waals surface area contributed by atoms with Gasteiger partial charge in [-0.15, -0.1) is 0 Å². The second-order valence-corrected chi connectivity index (χ2v) is 4.47. The van der Waals surface area contributed by atoms with E-state index in [-0.39, 0.29) is 11.1 Å². The number of aldehydes is 1. The van der Waals surface area contributed by atoms with Crippen molar-refractivity contribution in [2.75, 3.05) is 20.8 Å². The zero-order valence-electron chi connectivity index (χ0n) is 12.0. The summed E-state index contributed by atoms with van der Waals surface area (Å²) in [5.41, 5.74) is 1.39. The minimum absolute atomic E-state index is 0.137. The highest BCUT2D eigenvalue weighted by Crippen LogP contribution is 2.23. The molecule has 0 aliphatic heterocycles. The molecule has 1 aromatic carbocycles. The van der Waals surface area contributed by atoms with Crippen molar-refractivity contribution in [3.05, 3.63) is 52.3 Å². The molecule has 0 aliphatic rings. The van der Waals surface area contributed by atoms with Gasteiger partial charge in [-0.3, -0.25) is 9.59 Å². The topological polar surface area (TPSA) is 57.5 Å². The third-order valence-corrected chi connectivity index (χ3v) is 3.22. The molecule has 0 radical (unpaired) electrons. The van der Waals surface area contributed by atoms with E-state index in [0.29, 0.717) is 25.2 Å². The highest BCUT2D eigenvalue weighted by molar-refractivity contribution is 5.75. The first kappa shape index (κ1) is 15.0. The Morgan fingerprint density at radius 3 is 2.67 bits per heavy atom. The van der Waals surface area contributed by atoms with E-state index in [0.717, 1.165) is 11.3 Å². The van der Waals surface area contributed by atoms with Gasteiger partial charge in [-0.1, -0.05) is 12.1 Å². The van der Waals surface area contributed by atoms with Gasteiger partial charge < -0.3 is 14.0 Å². The molecule has 2 aromatic rings. The minimum atomic E-state index is -0.317. The van der Waals surface area contributed by atoms with Gasteiger partial charge in [0.2, 0.25) is 0 Å². The maximum absolute atomic E-state index is 12.3. The number of hydrogen-bond acceptors (Lipinski definition) is 4. The number of nitrogens with zero attached hydrogens (tertiary/aromatic N) is 1. The van der Waals surface area contributed by atoms with Crippen LogP contribution in [0.3, 0.4) is 0 Å². The lowest BCUT2D eigenvalue weighted by molar-refractivity contribution is 0.112. The lowest BCUT2D eigenvalue weighted by Gasteiger charge is -2.14. The molecule has 1 aromatic heterocycles. The fourth-order valence-corrected chi connectivity index (χ4v) is 2.12. The molecule has 0 fully saturated rings. The van der Waals surface area contributed by atoms with Gasteiger partial charge in [-0.05, 0) is 24.3 Å². The second kappa shape index (κ2) is 6.85. The van der Waals surface area contributed by atoms with E-state index < -0.39 is 0 Å². The van der Waals surface area contributed by atoms with Crippen LogP contribution in [0.1, 0.15) is 10.4 Å². The van der Waals surface area contributed by atoms with Crippen LogP contribution >= 0.6 is 0 Å². The molecular formula is C16H17NO4. The van der Waals surface area contributed by atoms with Gasteiger partial charge in [-0.25, -0.2) is 0 Å². The summed E-state index contributed by atoms with van der Waals surface area (Å²) in [7, 11) is 3.16. The van der Waals surface area contributed by atoms with E-state index in [4.69, 9.17) is 9.47 Å². The quantitative estimate of drug-likeness (QED) is 0.762. The van der Waals surface area contributed by atoms with Gasteiger partial charge in [0.05, 0.1) is 25.0 Å². The van der Waals surface area contributed by atoms with Gasteiger partial charge in [0.1, 0.15) is 5.75 Å². The number of hydrogen-bond donors (Lipinski definition) is 0. The number of pyridine rings is 1. The lowest BCUT2D eigenvalue weighted by atomic mass is 10.1. The molecule has 5 heteroatoms. The largest absolute Gasteiger partial charge is 0.497 e. The number of ether oxygens (including phenoxy) is 2. The molecule has 5 nitrogen and oxygen atoms in total. The van der Waals surface area contributed by atoms with Crippen molar-refractivity contribution < 1.29 is 14.3 Å². The molecule has 0 unspecified atom stereocenters. The average Bonchev–Trinajstić information content (AvgIpc) is 2.53. The van der Waals surface area contributed by atoms with Crippen LogP contribution in [0.25, 0.3) is 11.3 Å². The Bertz CT molecular complexity index is 691. The Labute approximate surface area is 122 Å². The van der Waals surface area contributed by atoms with E-state index in [2.05, 4.69) is 0 Å². The summed E-state index contributed by atoms with van der Waals surface area (Å²) >= 11 is 0. The SMILES string of the molecule is COCCn1c(-c2cccc(OC)c2)ccc(C=O)c1=O. The molecule has 1 heterocycles. The number of rotatable bonds is 6. The van der Waals surface area contributed by atoms with E-state index in [1.165, 1.54) is 6.07 Å². The molecular weight excluding hydrogens is 270 g/mol. The normalized spacial score (nSPS) is 10.4. The predicted molar refractivity (Wildman–Crippen MR) is 80.0 cm³/mol. The van der Waals surface area contributed by atoms with Crippen LogP contribution in [0.15, 0.2) is 41.2 Å². The van der Waals surface area contributed by atoms with Crippen molar-refractivity contribution in [1.29, 1.82) is 0 Å². The summed E-state index contributed by atoms with van der Waals surface area (Å²) in [5.74, 6) is 0.706. The Morgan fingerprint density at radius 2 is 2.00 bits per heavy atom. The number of carbonyl (C=O) groups excluding carboxylic acids is 1. The molecule has 0 atom stereocenters. The van der Waals surface area contributed by atoms with Crippen LogP contribution < -0.4 is 10.3 Å². The van der Waals surface area contributed by atoms with Crippen LogP contribution in [0.2, 0.25) is 0 Å². The van der Waals surface area contributed by atoms with Gasteiger partial charge >= 0.3 is 0 Å². The van der Waals surface area contributed by atoms with Crippen LogP contribution in [-0.2, 0) is 11.3 Å². The Hall–Kier alpha value is -2.40. The highest BCUT2D eigenvalue weighted by Gasteiger charge is 2.10. The zero-order chi connectivity index (χ0) is 15.2. The summed E-state index contributed by atoms with van der Waals surface area (Å²) in [6.45, 7) is 0.767. The van der Waals surface area contributed by atoms with Gasteiger partial charge in [0.25, 0.3) is 5.56 Å². The lowest BCUT2D eigenvalue weighted by Crippen LogP contribution is -2.26. The summed E-state index contributed by atoms with van der Waals surface area (Å²) in [6, 6.07) is 10.7. The first-order chi connectivity index (χ1) is 10.2. The molecule has 0 N–H and O–H groups in total. The van der Waals surface area contributed by atoms with E-state index in [9.17, 15) is 9.59 Å². The van der Waals surface area contributed by atoms with Crippen LogP contribution in [0.4, 0.5) is 0 Å². The van der Waals surface area contributed by atoms with Crippen molar-refractivity contribution in [2.45, 2.75) is 6.54 Å². The Morgan fingerprint density at radius 1 is 1.19 bits per heavy atom. The average molecular weight is 287 g/mol. The first-order valence-corrected chi connectivity index (χ1v) is 6.53. The summed E-state index contributed by atoms with van der Waals surface area (Å²) in [4.78, 5) is 23.2. The van der Waals surface area contributed by atoms with Gasteiger partial charge in [0, 0.05) is 19.2 Å². The minimum Gasteiger partial charge on any atom is -0.497 e. The molecule has 2 rings (SSSR count). The van der Waals surface area contributed by atoms with Crippen molar-refractivity contribution in [3.8, 4) is 17.0 Å². The third-order valence-electron chi connectivity index (χ3n) is 3.22. The van der Waals surface area contributed by atoms with Crippen molar-refractivity contribution in [3.63, 3.8) is 0 Å². The second-order valence-electron chi connectivity index (χ2n) is 4.47. The molecule has 0 saturated carbocycles. The maximum Gasteiger partial charge on any atom is 0.261 e. The van der Waals surface area contributed by atoms with Crippen LogP contribution in [0, 0.1) is 0 Å². The Kier molecular flexibility index (Phi) is 4.90. The first-order valence-electron chi connectivity index (χ1n) is 6.53. The van der Waals surface area contributed by atoms with Crippen LogP contribution in [-0.4, -0.2) is 31.7 Å². The molecule has 0 aliphatic carbocycles. The van der Waals surface area contributed by atoms with Crippen molar-refractivity contribution >= 4 is 6.29 Å². The molecule has 21 heavy (non-hydrogen) atoms. The Balaban J connectivity index is 2.58. The third kappa shape index (κ3) is 3.20. The smallest absolute Gasteiger partial charge is 0.261 e. The van der Waals surface area contributed by atoms with Crippen molar-refractivity contribution in [1.82, 2.24) is 4.57 Å². The highest BCUT2D eigenvalue weighted by atomic mass is 16.5. The predicted octanol–water partition coefficient (Wildman–Crippen LogP) is 1.98. The van der Waals surface area contributed by atoms with Crippen molar-refractivity contribution in [2.24, 2.45) is 0 Å². The van der Waals surface area contributed by atoms with Crippen LogP contribution in [0.5, 0.6) is 5.75 Å². The molecule has 110 valence electrons. The molecule has 0 spiro atoms. The maximum atomic E-state index is 12.3. The summed E-state index contributed by atoms with van der Waals surface area (Å²) in [5, 5.41) is 0. The molecule has 0 amide bonds. The van der Waals surface area contributed by atoms with Gasteiger partial charge in [0.15, 0.2) is 6.29 Å². The number of carbonyl (C=O) groups is 1. The van der Waals surface area contributed by atoms with E-state index in [1.807, 2.05) is 24.3 Å². The fraction of sp³-hybridized carbons (Fsp3) is 0.250. The monoisotopic (exact) mass is 287 g/mol. The van der Waals surface area contributed by atoms with E-state index >= 15 is 0 Å². The number of methoxy groups -OCH3 is 2. The molecule has 0 bridgehead atoms. The van der Waals surface area contributed by atoms with E-state index in [1.54, 1.807) is 24.9 Å². The standard InChI is InChI=1S/C16H17NO4/c1-20-9-8-17-15(7-6-13(11-18)16(17)19)12-4-3-5-14(10-12)21-2/h3-7,10-11H,8-9H2,1-2H3. The fourth-order valence-electron chi connectivity index (χ4n) is 2.12. The zero-order valence-corrected chi connectivity index (χ0v) is 12.0. The number of benzene rings is 1. The summed E-state index contributed by atoms with van der Waals surface area (Å²) in [6.07, 6.45) is 0.570. The van der Waals surface area contributed by atoms with Gasteiger partial charge in [-0.2, -0.15) is 0 Å². The molecule has 0 saturated heterocycles.